The van der Waals surface area contributed by atoms with Crippen molar-refractivity contribution >= 4 is 24.3 Å². The molecule has 8 heteroatoms. The van der Waals surface area contributed by atoms with Gasteiger partial charge >= 0.3 is 0 Å². The molecule has 8 nitrogen and oxygen atoms in total. The molecular formula is C19H30N4O4. The normalized spacial score (nSPS) is 10.6. The molecule has 0 rings (SSSR count). The van der Waals surface area contributed by atoms with Crippen LogP contribution in [0.5, 0.6) is 0 Å². The van der Waals surface area contributed by atoms with Gasteiger partial charge in [0.1, 0.15) is 0 Å². The fourth-order valence-corrected chi connectivity index (χ4v) is 2.53. The maximum atomic E-state index is 9.94. The number of hydrogen-bond donors (Lipinski definition) is 0. The molecule has 0 aliphatic heterocycles. The zero-order valence-electron chi connectivity index (χ0n) is 16.6. The molecule has 0 aromatic heterocycles. The fourth-order valence-electron chi connectivity index (χ4n) is 2.53. The van der Waals surface area contributed by atoms with Gasteiger partial charge in [-0.05, 0) is 37.0 Å². The number of nitrogens with zero attached hydrogens (tertiary/aromatic N) is 4. The smallest absolute Gasteiger partial charge is 0.211 e. The maximum Gasteiger partial charge on any atom is 0.234 e. The Balaban J connectivity index is 0. The lowest BCUT2D eigenvalue weighted by Gasteiger charge is -2.26. The van der Waals surface area contributed by atoms with Crippen molar-refractivity contribution in [2.45, 2.75) is 59.3 Å². The number of aliphatic imine (C=N–C) groups is 4. The van der Waals surface area contributed by atoms with Gasteiger partial charge in [-0.15, -0.1) is 0 Å². The van der Waals surface area contributed by atoms with E-state index in [0.29, 0.717) is 32.1 Å². The van der Waals surface area contributed by atoms with Crippen LogP contribution in [-0.2, 0) is 19.2 Å². The molecule has 0 aromatic carbocycles. The van der Waals surface area contributed by atoms with Gasteiger partial charge in [-0.2, -0.15) is 0 Å². The van der Waals surface area contributed by atoms with E-state index in [2.05, 4.69) is 33.8 Å². The highest BCUT2D eigenvalue weighted by molar-refractivity contribution is 5.33. The lowest BCUT2D eigenvalue weighted by Crippen LogP contribution is -2.18. The Labute approximate surface area is 161 Å². The summed E-state index contributed by atoms with van der Waals surface area (Å²) in [4.78, 5) is 53.0. The van der Waals surface area contributed by atoms with Crippen LogP contribution >= 0.6 is 0 Å². The van der Waals surface area contributed by atoms with E-state index in [-0.39, 0.29) is 5.41 Å². The molecule has 0 aliphatic rings. The fraction of sp³-hybridized carbons (Fsp3) is 0.789. The first-order valence-corrected chi connectivity index (χ1v) is 9.08. The zero-order chi connectivity index (χ0) is 20.8. The van der Waals surface area contributed by atoms with Crippen LogP contribution in [0.25, 0.3) is 0 Å². The quantitative estimate of drug-likeness (QED) is 0.262. The summed E-state index contributed by atoms with van der Waals surface area (Å²) >= 11 is 0. The zero-order valence-corrected chi connectivity index (χ0v) is 16.6. The monoisotopic (exact) mass is 378 g/mol. The van der Waals surface area contributed by atoms with Crippen LogP contribution in [-0.4, -0.2) is 50.5 Å². The van der Waals surface area contributed by atoms with Crippen molar-refractivity contribution in [1.29, 1.82) is 0 Å². The molecule has 1 unspecified atom stereocenters. The third kappa shape index (κ3) is 23.5. The maximum absolute atomic E-state index is 9.94. The molecule has 1 atom stereocenters. The first kappa shape index (κ1) is 26.7. The van der Waals surface area contributed by atoms with E-state index in [9.17, 15) is 19.2 Å². The van der Waals surface area contributed by atoms with Gasteiger partial charge in [0.15, 0.2) is 0 Å². The molecule has 0 saturated heterocycles. The van der Waals surface area contributed by atoms with E-state index in [1.807, 2.05) is 6.92 Å². The van der Waals surface area contributed by atoms with Crippen molar-refractivity contribution in [2.75, 3.05) is 26.2 Å². The highest BCUT2D eigenvalue weighted by Gasteiger charge is 2.20. The van der Waals surface area contributed by atoms with Crippen LogP contribution in [0.15, 0.2) is 20.0 Å². The predicted octanol–water partition coefficient (Wildman–Crippen LogP) is 3.32. The summed E-state index contributed by atoms with van der Waals surface area (Å²) in [6.45, 7) is 8.43. The highest BCUT2D eigenvalue weighted by Crippen LogP contribution is 2.29. The number of unbranched alkanes of at least 4 members (excludes halogenated alkanes) is 3. The lowest BCUT2D eigenvalue weighted by molar-refractivity contribution is 0.264. The summed E-state index contributed by atoms with van der Waals surface area (Å²) in [7, 11) is 0. The van der Waals surface area contributed by atoms with E-state index >= 15 is 0 Å². The molecular weight excluding hydrogens is 348 g/mol. The molecule has 0 aliphatic carbocycles. The van der Waals surface area contributed by atoms with Gasteiger partial charge in [-0.1, -0.05) is 33.6 Å². The Kier molecular flexibility index (Phi) is 19.7. The molecule has 0 aromatic rings. The lowest BCUT2D eigenvalue weighted by atomic mass is 9.80. The summed E-state index contributed by atoms with van der Waals surface area (Å²) in [5, 5.41) is 0. The van der Waals surface area contributed by atoms with E-state index in [1.54, 1.807) is 6.08 Å². The number of isocyanates is 4. The average Bonchev–Trinajstić information content (AvgIpc) is 2.62. The second-order valence-electron chi connectivity index (χ2n) is 6.99. The first-order chi connectivity index (χ1) is 12.9. The van der Waals surface area contributed by atoms with Crippen LogP contribution < -0.4 is 0 Å². The van der Waals surface area contributed by atoms with E-state index < -0.39 is 0 Å². The summed E-state index contributed by atoms with van der Waals surface area (Å²) in [6, 6.07) is 0. The summed E-state index contributed by atoms with van der Waals surface area (Å²) in [5.74, 6) is 0.349. The van der Waals surface area contributed by atoms with Gasteiger partial charge < -0.3 is 0 Å². The average molecular weight is 378 g/mol. The van der Waals surface area contributed by atoms with Crippen LogP contribution in [0, 0.1) is 11.3 Å². The molecule has 0 spiro atoms. The van der Waals surface area contributed by atoms with Crippen molar-refractivity contribution in [3.05, 3.63) is 0 Å². The second-order valence-corrected chi connectivity index (χ2v) is 6.99. The van der Waals surface area contributed by atoms with Gasteiger partial charge in [0.2, 0.25) is 24.3 Å². The van der Waals surface area contributed by atoms with Crippen molar-refractivity contribution in [2.24, 2.45) is 31.3 Å². The minimum atomic E-state index is 0.109. The van der Waals surface area contributed by atoms with Crippen LogP contribution in [0.3, 0.4) is 0 Å². The predicted molar refractivity (Wildman–Crippen MR) is 103 cm³/mol. The number of hydrogen-bond acceptors (Lipinski definition) is 8. The largest absolute Gasteiger partial charge is 0.234 e. The molecule has 0 heterocycles. The Morgan fingerprint density at radius 3 is 1.59 bits per heavy atom. The molecule has 27 heavy (non-hydrogen) atoms. The minimum Gasteiger partial charge on any atom is -0.211 e. The Bertz CT molecular complexity index is 544. The molecule has 0 saturated carbocycles. The SMILES string of the molecule is CC(CN=C=O)CC(C)(C)CCN=C=O.O=C=NCCCCCCN=C=O. The molecule has 0 bridgehead atoms. The van der Waals surface area contributed by atoms with Crippen molar-refractivity contribution in [1.82, 2.24) is 0 Å². The Hall–Kier alpha value is -2.48. The van der Waals surface area contributed by atoms with Crippen LogP contribution in [0.1, 0.15) is 59.3 Å². The Morgan fingerprint density at radius 1 is 0.704 bits per heavy atom. The third-order valence-corrected chi connectivity index (χ3v) is 3.75. The van der Waals surface area contributed by atoms with Gasteiger partial charge in [0, 0.05) is 0 Å². The van der Waals surface area contributed by atoms with Gasteiger partial charge in [-0.25, -0.2) is 39.1 Å². The van der Waals surface area contributed by atoms with E-state index in [0.717, 1.165) is 38.5 Å². The molecule has 0 amide bonds. The standard InChI is InChI=1S/C11H18N2O2.C8H12N2O2/c1-10(7-13-9-15)6-11(2,3)4-5-12-8-14;11-7-9-5-3-1-2-4-6-10-8-12/h10H,4-7H2,1-3H3;1-6H2. The summed E-state index contributed by atoms with van der Waals surface area (Å²) < 4.78 is 0. The van der Waals surface area contributed by atoms with Crippen LogP contribution in [0.2, 0.25) is 0 Å². The molecule has 150 valence electrons. The topological polar surface area (TPSA) is 118 Å². The molecule has 0 N–H and O–H groups in total. The Morgan fingerprint density at radius 2 is 1.15 bits per heavy atom. The van der Waals surface area contributed by atoms with Crippen molar-refractivity contribution in [3.63, 3.8) is 0 Å². The second kappa shape index (κ2) is 19.8. The summed E-state index contributed by atoms with van der Waals surface area (Å²) in [6.07, 6.45) is 11.7. The summed E-state index contributed by atoms with van der Waals surface area (Å²) in [5.41, 5.74) is 0.109. The van der Waals surface area contributed by atoms with Crippen LogP contribution in [0.4, 0.5) is 0 Å². The van der Waals surface area contributed by atoms with Gasteiger partial charge in [0.25, 0.3) is 0 Å². The molecule has 0 radical (unpaired) electrons. The van der Waals surface area contributed by atoms with Crippen molar-refractivity contribution in [3.8, 4) is 0 Å². The van der Waals surface area contributed by atoms with E-state index in [4.69, 9.17) is 0 Å². The van der Waals surface area contributed by atoms with Gasteiger partial charge in [-0.3, -0.25) is 0 Å². The number of carbonyl (C=O) groups excluding carboxylic acids is 4. The molecule has 0 fully saturated rings. The van der Waals surface area contributed by atoms with E-state index in [1.165, 1.54) is 18.2 Å². The third-order valence-electron chi connectivity index (χ3n) is 3.75. The van der Waals surface area contributed by atoms with Crippen molar-refractivity contribution < 1.29 is 19.2 Å². The highest BCUT2D eigenvalue weighted by atomic mass is 16.1. The first-order valence-electron chi connectivity index (χ1n) is 9.08. The number of rotatable bonds is 14. The van der Waals surface area contributed by atoms with Gasteiger partial charge in [0.05, 0.1) is 26.2 Å². The minimum absolute atomic E-state index is 0.109.